The van der Waals surface area contributed by atoms with Gasteiger partial charge in [-0.15, -0.1) is 0 Å². The highest BCUT2D eigenvalue weighted by Crippen LogP contribution is 2.18. The van der Waals surface area contributed by atoms with Crippen molar-refractivity contribution in [2.45, 2.75) is 24.4 Å². The molecule has 4 nitrogen and oxygen atoms in total. The number of epoxide rings is 1. The zero-order valence-corrected chi connectivity index (χ0v) is 7.44. The van der Waals surface area contributed by atoms with Crippen LogP contribution in [0.1, 0.15) is 0 Å². The molecule has 0 unspecified atom stereocenters. The maximum atomic E-state index is 9.20. The summed E-state index contributed by atoms with van der Waals surface area (Å²) >= 11 is 2.99. The van der Waals surface area contributed by atoms with Crippen molar-refractivity contribution in [1.82, 2.24) is 0 Å². The van der Waals surface area contributed by atoms with E-state index in [0.29, 0.717) is 6.61 Å². The Kier molecular flexibility index (Phi) is 3.27. The number of rotatable bonds is 4. The largest absolute Gasteiger partial charge is 0.389 e. The highest BCUT2D eigenvalue weighted by Gasteiger charge is 2.38. The molecule has 1 fully saturated rings. The Morgan fingerprint density at radius 3 is 2.36 bits per heavy atom. The van der Waals surface area contributed by atoms with Crippen molar-refractivity contribution in [3.63, 3.8) is 0 Å². The van der Waals surface area contributed by atoms with Gasteiger partial charge in [0.25, 0.3) is 0 Å². The molecule has 0 aliphatic carbocycles. The predicted octanol–water partition coefficient (Wildman–Crippen LogP) is -1.14. The smallest absolute Gasteiger partial charge is 0.111 e. The van der Waals surface area contributed by atoms with Crippen LogP contribution in [-0.2, 0) is 4.74 Å². The third kappa shape index (κ3) is 2.38. The molecule has 66 valence electrons. The summed E-state index contributed by atoms with van der Waals surface area (Å²) in [7, 11) is 0. The third-order valence-corrected chi connectivity index (χ3v) is 2.31. The molecule has 3 N–H and O–H groups in total. The van der Waals surface area contributed by atoms with Gasteiger partial charge in [-0.05, 0) is 0 Å². The fourth-order valence-electron chi connectivity index (χ4n) is 0.792. The molecule has 1 aliphatic rings. The van der Waals surface area contributed by atoms with E-state index in [-0.39, 0.29) is 11.4 Å². The van der Waals surface area contributed by atoms with Crippen LogP contribution in [0.25, 0.3) is 0 Å². The van der Waals surface area contributed by atoms with Crippen LogP contribution in [0.3, 0.4) is 0 Å². The fourth-order valence-corrected chi connectivity index (χ4v) is 1.17. The molecule has 1 saturated heterocycles. The quantitative estimate of drug-likeness (QED) is 0.419. The number of alkyl halides is 1. The number of halogens is 1. The summed E-state index contributed by atoms with van der Waals surface area (Å²) in [4.78, 5) is 0. The van der Waals surface area contributed by atoms with E-state index in [1.807, 2.05) is 0 Å². The number of hydrogen-bond acceptors (Lipinski definition) is 4. The molecule has 0 bridgehead atoms. The zero-order chi connectivity index (χ0) is 8.43. The average molecular weight is 227 g/mol. The molecule has 4 atom stereocenters. The molecule has 0 aromatic carbocycles. The van der Waals surface area contributed by atoms with Crippen molar-refractivity contribution >= 4 is 15.9 Å². The lowest BCUT2D eigenvalue weighted by Gasteiger charge is -2.19. The monoisotopic (exact) mass is 226 g/mol. The number of aliphatic hydroxyl groups excluding tert-OH is 3. The van der Waals surface area contributed by atoms with Crippen LogP contribution in [0.5, 0.6) is 0 Å². The summed E-state index contributed by atoms with van der Waals surface area (Å²) in [5.74, 6) is 0. The first-order chi connectivity index (χ1) is 5.16. The molecular formula is C6H11BrO4. The normalized spacial score (nSPS) is 31.1. The van der Waals surface area contributed by atoms with Crippen LogP contribution in [0.4, 0.5) is 0 Å². The Balaban J connectivity index is 2.31. The van der Waals surface area contributed by atoms with E-state index in [0.717, 1.165) is 0 Å². The molecule has 0 spiro atoms. The van der Waals surface area contributed by atoms with Gasteiger partial charge in [0.05, 0.1) is 12.7 Å². The van der Waals surface area contributed by atoms with Crippen molar-refractivity contribution in [2.24, 2.45) is 0 Å². The van der Waals surface area contributed by atoms with Gasteiger partial charge in [-0.2, -0.15) is 0 Å². The molecule has 1 heterocycles. The van der Waals surface area contributed by atoms with Crippen molar-refractivity contribution in [2.75, 3.05) is 11.9 Å². The molecule has 1 rings (SSSR count). The molecule has 0 amide bonds. The van der Waals surface area contributed by atoms with Gasteiger partial charge in [-0.25, -0.2) is 0 Å². The van der Waals surface area contributed by atoms with Crippen molar-refractivity contribution in [1.29, 1.82) is 0 Å². The van der Waals surface area contributed by atoms with Crippen LogP contribution in [0, 0.1) is 0 Å². The van der Waals surface area contributed by atoms with E-state index in [4.69, 9.17) is 9.84 Å². The van der Waals surface area contributed by atoms with Gasteiger partial charge in [0.15, 0.2) is 0 Å². The second-order valence-corrected chi connectivity index (χ2v) is 3.22. The van der Waals surface area contributed by atoms with Gasteiger partial charge in [0, 0.05) is 5.33 Å². The molecular weight excluding hydrogens is 216 g/mol. The van der Waals surface area contributed by atoms with E-state index in [1.54, 1.807) is 0 Å². The number of aliphatic hydroxyl groups is 3. The maximum Gasteiger partial charge on any atom is 0.111 e. The van der Waals surface area contributed by atoms with Gasteiger partial charge < -0.3 is 20.1 Å². The summed E-state index contributed by atoms with van der Waals surface area (Å²) < 4.78 is 4.75. The van der Waals surface area contributed by atoms with Crippen LogP contribution in [0.15, 0.2) is 0 Å². The van der Waals surface area contributed by atoms with E-state index >= 15 is 0 Å². The summed E-state index contributed by atoms with van der Waals surface area (Å²) in [6.45, 7) is 0.466. The number of hydrogen-bond donors (Lipinski definition) is 3. The van der Waals surface area contributed by atoms with Gasteiger partial charge in [-0.3, -0.25) is 0 Å². The SMILES string of the molecule is O[C@H]([C@H](O)[C@@H]1CO1)[C@H](O)CBr. The lowest BCUT2D eigenvalue weighted by molar-refractivity contribution is -0.0586. The van der Waals surface area contributed by atoms with Gasteiger partial charge >= 0.3 is 0 Å². The second kappa shape index (κ2) is 3.82. The topological polar surface area (TPSA) is 73.2 Å². The fraction of sp³-hybridized carbons (Fsp3) is 1.00. The van der Waals surface area contributed by atoms with Crippen LogP contribution in [-0.4, -0.2) is 51.7 Å². The van der Waals surface area contributed by atoms with Gasteiger partial charge in [0.2, 0.25) is 0 Å². The van der Waals surface area contributed by atoms with Crippen LogP contribution >= 0.6 is 15.9 Å². The van der Waals surface area contributed by atoms with Gasteiger partial charge in [0.1, 0.15) is 18.3 Å². The molecule has 0 aromatic heterocycles. The van der Waals surface area contributed by atoms with E-state index in [1.165, 1.54) is 0 Å². The summed E-state index contributed by atoms with van der Waals surface area (Å²) in [5, 5.41) is 27.7. The summed E-state index contributed by atoms with van der Waals surface area (Å²) in [6.07, 6.45) is -3.32. The van der Waals surface area contributed by atoms with Crippen molar-refractivity contribution in [3.8, 4) is 0 Å². The van der Waals surface area contributed by atoms with Crippen molar-refractivity contribution < 1.29 is 20.1 Å². The Bertz CT molecular complexity index is 128. The van der Waals surface area contributed by atoms with E-state index in [2.05, 4.69) is 15.9 Å². The lowest BCUT2D eigenvalue weighted by atomic mass is 10.1. The lowest BCUT2D eigenvalue weighted by Crippen LogP contribution is -2.41. The Labute approximate surface area is 72.9 Å². The average Bonchev–Trinajstić information content (AvgIpc) is 2.82. The van der Waals surface area contributed by atoms with Gasteiger partial charge in [-0.1, -0.05) is 15.9 Å². The van der Waals surface area contributed by atoms with Crippen molar-refractivity contribution in [3.05, 3.63) is 0 Å². The van der Waals surface area contributed by atoms with Crippen LogP contribution < -0.4 is 0 Å². The highest BCUT2D eigenvalue weighted by atomic mass is 79.9. The predicted molar refractivity (Wildman–Crippen MR) is 41.6 cm³/mol. The maximum absolute atomic E-state index is 9.20. The first-order valence-electron chi connectivity index (χ1n) is 3.38. The molecule has 11 heavy (non-hydrogen) atoms. The summed E-state index contributed by atoms with van der Waals surface area (Å²) in [6, 6.07) is 0. The Morgan fingerprint density at radius 1 is 1.45 bits per heavy atom. The summed E-state index contributed by atoms with van der Waals surface area (Å²) in [5.41, 5.74) is 0. The molecule has 0 saturated carbocycles. The third-order valence-electron chi connectivity index (χ3n) is 1.64. The highest BCUT2D eigenvalue weighted by molar-refractivity contribution is 9.09. The number of ether oxygens (including phenoxy) is 1. The van der Waals surface area contributed by atoms with Crippen LogP contribution in [0.2, 0.25) is 0 Å². The first-order valence-corrected chi connectivity index (χ1v) is 4.50. The molecule has 0 aromatic rings. The standard InChI is InChI=1S/C6H11BrO4/c7-1-3(8)5(9)6(10)4-2-11-4/h3-6,8-10H,1-2H2/t3-,4+,5+,6-/m1/s1. The molecule has 1 aliphatic heterocycles. The second-order valence-electron chi connectivity index (χ2n) is 2.57. The Morgan fingerprint density at radius 2 is 2.00 bits per heavy atom. The molecule has 5 heteroatoms. The van der Waals surface area contributed by atoms with E-state index in [9.17, 15) is 10.2 Å². The molecule has 0 radical (unpaired) electrons. The minimum atomic E-state index is -1.12. The Hall–Kier alpha value is 0.320. The van der Waals surface area contributed by atoms with E-state index < -0.39 is 18.3 Å². The minimum absolute atomic E-state index is 0.248. The minimum Gasteiger partial charge on any atom is -0.389 e. The zero-order valence-electron chi connectivity index (χ0n) is 5.85. The first kappa shape index (κ1) is 9.41.